The number of benzene rings is 8. The summed E-state index contributed by atoms with van der Waals surface area (Å²) in [6.45, 7) is 4.21. The molecule has 0 atom stereocenters. The minimum absolute atomic E-state index is 0.0614. The lowest BCUT2D eigenvalue weighted by molar-refractivity contribution is 0.766. The van der Waals surface area contributed by atoms with Crippen LogP contribution in [0.5, 0.6) is 0 Å². The van der Waals surface area contributed by atoms with E-state index in [2.05, 4.69) is 186 Å². The second-order valence-electron chi connectivity index (χ2n) is 15.0. The highest BCUT2D eigenvalue weighted by molar-refractivity contribution is 7.00. The molecule has 0 fully saturated rings. The number of para-hydroxylation sites is 3. The normalized spacial score (nSPS) is 12.6. The van der Waals surface area contributed by atoms with Crippen molar-refractivity contribution < 1.29 is 0 Å². The molecular weight excluding hydrogens is 695 g/mol. The topological polar surface area (TPSA) is 40.4 Å². The van der Waals surface area contributed by atoms with Gasteiger partial charge in [0, 0.05) is 51.2 Å². The van der Waals surface area contributed by atoms with Gasteiger partial charge in [-0.2, -0.15) is 4.80 Å². The average Bonchev–Trinajstić information content (AvgIpc) is 3.68. The van der Waals surface area contributed by atoms with Crippen molar-refractivity contribution >= 4 is 85.3 Å². The molecule has 9 aromatic rings. The van der Waals surface area contributed by atoms with E-state index < -0.39 is 0 Å². The molecule has 7 heteroatoms. The Morgan fingerprint density at radius 1 is 0.404 bits per heavy atom. The molecule has 270 valence electrons. The molecule has 0 radical (unpaired) electrons. The third-order valence-corrected chi connectivity index (χ3v) is 11.3. The molecule has 0 saturated carbocycles. The Bertz CT molecular complexity index is 2880. The smallest absolute Gasteiger partial charge is 0.252 e. The first-order valence-electron chi connectivity index (χ1n) is 19.5. The Labute approximate surface area is 332 Å². The first-order valence-corrected chi connectivity index (χ1v) is 19.5. The van der Waals surface area contributed by atoms with E-state index in [1.54, 1.807) is 4.80 Å². The van der Waals surface area contributed by atoms with Crippen LogP contribution in [-0.2, 0) is 0 Å². The minimum Gasteiger partial charge on any atom is -0.311 e. The van der Waals surface area contributed by atoms with Gasteiger partial charge < -0.3 is 14.7 Å². The van der Waals surface area contributed by atoms with Crippen LogP contribution in [0.3, 0.4) is 0 Å². The standard InChI is InChI=1S/C50H37BN6/c1-34-21-25-38(26-22-34)54(39-27-23-35(2)24-28-39)41-29-30-42-48(31-41)55(36-13-6-3-7-14-36)46-19-12-20-47-50(46)51(42)43-32-44-45(53-57(52-44)40-17-10-5-11-18-40)33-49(43)56(47)37-15-8-4-9-16-37/h3-33H,1-2H3. The molecular formula is C50H37BN6. The van der Waals surface area contributed by atoms with Crippen molar-refractivity contribution in [3.05, 3.63) is 199 Å². The van der Waals surface area contributed by atoms with Crippen molar-refractivity contribution in [3.63, 3.8) is 0 Å². The lowest BCUT2D eigenvalue weighted by Gasteiger charge is -2.44. The lowest BCUT2D eigenvalue weighted by atomic mass is 9.33. The molecule has 11 rings (SSSR count). The average molecular weight is 733 g/mol. The summed E-state index contributed by atoms with van der Waals surface area (Å²) in [7, 11) is 0. The molecule has 8 aromatic carbocycles. The van der Waals surface area contributed by atoms with Crippen LogP contribution in [0.25, 0.3) is 16.7 Å². The highest BCUT2D eigenvalue weighted by Crippen LogP contribution is 2.46. The zero-order valence-electron chi connectivity index (χ0n) is 31.7. The Morgan fingerprint density at radius 3 is 1.42 bits per heavy atom. The molecule has 6 nitrogen and oxygen atoms in total. The second kappa shape index (κ2) is 13.1. The van der Waals surface area contributed by atoms with E-state index in [1.165, 1.54) is 27.5 Å². The maximum Gasteiger partial charge on any atom is 0.252 e. The summed E-state index contributed by atoms with van der Waals surface area (Å²) < 4.78 is 0. The number of rotatable bonds is 6. The number of aromatic nitrogens is 3. The lowest BCUT2D eigenvalue weighted by Crippen LogP contribution is -2.61. The number of nitrogens with zero attached hydrogens (tertiary/aromatic N) is 6. The van der Waals surface area contributed by atoms with Crippen LogP contribution in [-0.4, -0.2) is 21.7 Å². The summed E-state index contributed by atoms with van der Waals surface area (Å²) in [4.78, 5) is 8.98. The molecule has 1 aromatic heterocycles. The number of fused-ring (bicyclic) bond motifs is 5. The van der Waals surface area contributed by atoms with Gasteiger partial charge in [-0.3, -0.25) is 0 Å². The molecule has 2 aliphatic heterocycles. The van der Waals surface area contributed by atoms with Gasteiger partial charge in [0.2, 0.25) is 0 Å². The van der Waals surface area contributed by atoms with Crippen molar-refractivity contribution in [3.8, 4) is 5.69 Å². The number of anilines is 9. The SMILES string of the molecule is Cc1ccc(N(c2ccc(C)cc2)c2ccc3c(c2)N(c2ccccc2)c2cccc4c2B3c2cc3nn(-c5ccccc5)nc3cc2N4c2ccccc2)cc1. The van der Waals surface area contributed by atoms with Gasteiger partial charge in [-0.1, -0.05) is 102 Å². The first-order chi connectivity index (χ1) is 28.1. The van der Waals surface area contributed by atoms with Gasteiger partial charge in [0.25, 0.3) is 6.71 Å². The highest BCUT2D eigenvalue weighted by atomic mass is 15.5. The van der Waals surface area contributed by atoms with Gasteiger partial charge in [0.05, 0.1) is 5.69 Å². The van der Waals surface area contributed by atoms with Gasteiger partial charge >= 0.3 is 0 Å². The Hall–Kier alpha value is -7.38. The molecule has 3 heterocycles. The molecule has 0 amide bonds. The van der Waals surface area contributed by atoms with E-state index in [0.29, 0.717) is 0 Å². The summed E-state index contributed by atoms with van der Waals surface area (Å²) in [6.07, 6.45) is 0. The van der Waals surface area contributed by atoms with Gasteiger partial charge in [-0.15, -0.1) is 10.2 Å². The molecule has 2 aliphatic rings. The maximum atomic E-state index is 5.06. The van der Waals surface area contributed by atoms with E-state index in [9.17, 15) is 0 Å². The van der Waals surface area contributed by atoms with E-state index >= 15 is 0 Å². The number of hydrogen-bond acceptors (Lipinski definition) is 5. The van der Waals surface area contributed by atoms with Crippen molar-refractivity contribution in [2.45, 2.75) is 13.8 Å². The van der Waals surface area contributed by atoms with Crippen LogP contribution in [0, 0.1) is 13.8 Å². The number of aryl methyl sites for hydroxylation is 2. The Balaban J connectivity index is 1.18. The summed E-state index contributed by atoms with van der Waals surface area (Å²) in [5.41, 5.74) is 18.9. The number of hydrogen-bond donors (Lipinski definition) is 0. The van der Waals surface area contributed by atoms with Crippen LogP contribution >= 0.6 is 0 Å². The third-order valence-electron chi connectivity index (χ3n) is 11.3. The van der Waals surface area contributed by atoms with Crippen molar-refractivity contribution in [2.24, 2.45) is 0 Å². The predicted octanol–water partition coefficient (Wildman–Crippen LogP) is 10.6. The van der Waals surface area contributed by atoms with Crippen molar-refractivity contribution in [1.82, 2.24) is 15.0 Å². The fourth-order valence-corrected chi connectivity index (χ4v) is 8.69. The summed E-state index contributed by atoms with van der Waals surface area (Å²) in [5.74, 6) is 0. The van der Waals surface area contributed by atoms with Gasteiger partial charge in [0.15, 0.2) is 0 Å². The van der Waals surface area contributed by atoms with Crippen LogP contribution < -0.4 is 31.1 Å². The minimum atomic E-state index is -0.0614. The fourth-order valence-electron chi connectivity index (χ4n) is 8.69. The molecule has 0 unspecified atom stereocenters. The third kappa shape index (κ3) is 5.42. The van der Waals surface area contributed by atoms with Crippen LogP contribution in [0.1, 0.15) is 11.1 Å². The first kappa shape index (κ1) is 33.0. The van der Waals surface area contributed by atoms with E-state index in [1.807, 2.05) is 30.3 Å². The molecule has 0 saturated heterocycles. The molecule has 57 heavy (non-hydrogen) atoms. The van der Waals surface area contributed by atoms with Gasteiger partial charge in [-0.05, 0) is 127 Å². The molecule has 0 N–H and O–H groups in total. The summed E-state index contributed by atoms with van der Waals surface area (Å²) >= 11 is 0. The molecule has 0 aliphatic carbocycles. The van der Waals surface area contributed by atoms with Gasteiger partial charge in [0.1, 0.15) is 11.0 Å². The predicted molar refractivity (Wildman–Crippen MR) is 237 cm³/mol. The van der Waals surface area contributed by atoms with E-state index in [-0.39, 0.29) is 6.71 Å². The summed E-state index contributed by atoms with van der Waals surface area (Å²) in [5, 5.41) is 10.1. The van der Waals surface area contributed by atoms with Crippen molar-refractivity contribution in [1.29, 1.82) is 0 Å². The summed E-state index contributed by atoms with van der Waals surface area (Å²) in [6, 6.07) is 67.5. The Morgan fingerprint density at radius 2 is 0.877 bits per heavy atom. The zero-order valence-corrected chi connectivity index (χ0v) is 31.7. The van der Waals surface area contributed by atoms with E-state index in [4.69, 9.17) is 10.2 Å². The molecule has 0 bridgehead atoms. The van der Waals surface area contributed by atoms with Crippen LogP contribution in [0.15, 0.2) is 188 Å². The van der Waals surface area contributed by atoms with Gasteiger partial charge in [-0.25, -0.2) is 0 Å². The van der Waals surface area contributed by atoms with E-state index in [0.717, 1.165) is 67.9 Å². The molecule has 0 spiro atoms. The monoisotopic (exact) mass is 732 g/mol. The van der Waals surface area contributed by atoms with Crippen LogP contribution in [0.4, 0.5) is 51.2 Å². The van der Waals surface area contributed by atoms with Crippen LogP contribution in [0.2, 0.25) is 0 Å². The van der Waals surface area contributed by atoms with Crippen molar-refractivity contribution in [2.75, 3.05) is 14.7 Å². The zero-order chi connectivity index (χ0) is 38.0. The highest BCUT2D eigenvalue weighted by Gasteiger charge is 2.43. The second-order valence-corrected chi connectivity index (χ2v) is 15.0. The fraction of sp³-hybridized carbons (Fsp3) is 0.0400. The largest absolute Gasteiger partial charge is 0.311 e. The maximum absolute atomic E-state index is 5.06. The quantitative estimate of drug-likeness (QED) is 0.159. The Kier molecular flexibility index (Phi) is 7.61.